The van der Waals surface area contributed by atoms with Gasteiger partial charge in [-0.15, -0.1) is 0 Å². The molecule has 3 heteroatoms. The molecule has 2 unspecified atom stereocenters. The summed E-state index contributed by atoms with van der Waals surface area (Å²) < 4.78 is 11.5. The molecule has 0 bridgehead atoms. The van der Waals surface area contributed by atoms with Crippen molar-refractivity contribution in [2.24, 2.45) is 5.92 Å². The summed E-state index contributed by atoms with van der Waals surface area (Å²) >= 11 is 0. The molecular formula is C17H33NO2. The molecule has 118 valence electrons. The van der Waals surface area contributed by atoms with Gasteiger partial charge in [0.05, 0.1) is 5.60 Å². The van der Waals surface area contributed by atoms with Gasteiger partial charge < -0.3 is 14.8 Å². The first-order valence-corrected chi connectivity index (χ1v) is 8.66. The third-order valence-corrected chi connectivity index (χ3v) is 5.19. The number of hydrogen-bond donors (Lipinski definition) is 1. The van der Waals surface area contributed by atoms with E-state index >= 15 is 0 Å². The summed E-state index contributed by atoms with van der Waals surface area (Å²) in [5.74, 6) is 0.790. The minimum atomic E-state index is 0.232. The molecule has 2 aliphatic rings. The van der Waals surface area contributed by atoms with E-state index in [-0.39, 0.29) is 5.60 Å². The van der Waals surface area contributed by atoms with Crippen molar-refractivity contribution < 1.29 is 9.47 Å². The monoisotopic (exact) mass is 283 g/mol. The van der Waals surface area contributed by atoms with Gasteiger partial charge >= 0.3 is 0 Å². The molecule has 0 aromatic heterocycles. The number of rotatable bonds is 7. The van der Waals surface area contributed by atoms with Crippen molar-refractivity contribution in [3.8, 4) is 0 Å². The highest BCUT2D eigenvalue weighted by Crippen LogP contribution is 2.42. The number of ether oxygens (including phenoxy) is 2. The van der Waals surface area contributed by atoms with Crippen molar-refractivity contribution in [2.75, 3.05) is 26.9 Å². The summed E-state index contributed by atoms with van der Waals surface area (Å²) in [7, 11) is 1.80. The summed E-state index contributed by atoms with van der Waals surface area (Å²) in [6, 6.07) is 0.651. The second kappa shape index (κ2) is 8.35. The molecule has 20 heavy (non-hydrogen) atoms. The lowest BCUT2D eigenvalue weighted by Crippen LogP contribution is -2.47. The van der Waals surface area contributed by atoms with Gasteiger partial charge in [-0.3, -0.25) is 0 Å². The second-order valence-corrected chi connectivity index (χ2v) is 6.64. The van der Waals surface area contributed by atoms with Crippen LogP contribution in [0.25, 0.3) is 0 Å². The molecule has 2 atom stereocenters. The van der Waals surface area contributed by atoms with E-state index in [1.165, 1.54) is 57.8 Å². The van der Waals surface area contributed by atoms with Gasteiger partial charge in [0.2, 0.25) is 0 Å². The first-order chi connectivity index (χ1) is 9.79. The predicted octanol–water partition coefficient (Wildman–Crippen LogP) is 3.52. The Hall–Kier alpha value is -0.120. The summed E-state index contributed by atoms with van der Waals surface area (Å²) in [6.45, 7) is 5.15. The zero-order valence-electron chi connectivity index (χ0n) is 13.5. The maximum absolute atomic E-state index is 6.24. The molecule has 1 N–H and O–H groups in total. The molecule has 1 saturated carbocycles. The topological polar surface area (TPSA) is 30.5 Å². The Kier molecular flexibility index (Phi) is 6.79. The molecule has 2 fully saturated rings. The van der Waals surface area contributed by atoms with Crippen LogP contribution in [0.1, 0.15) is 64.7 Å². The van der Waals surface area contributed by atoms with E-state index in [0.717, 1.165) is 25.7 Å². The Morgan fingerprint density at radius 1 is 1.30 bits per heavy atom. The highest BCUT2D eigenvalue weighted by atomic mass is 16.5. The summed E-state index contributed by atoms with van der Waals surface area (Å²) in [5, 5.41) is 3.72. The van der Waals surface area contributed by atoms with E-state index in [0.29, 0.717) is 6.04 Å². The van der Waals surface area contributed by atoms with Gasteiger partial charge in [-0.25, -0.2) is 0 Å². The van der Waals surface area contributed by atoms with Crippen LogP contribution < -0.4 is 5.32 Å². The molecule has 0 radical (unpaired) electrons. The van der Waals surface area contributed by atoms with Gasteiger partial charge in [-0.2, -0.15) is 0 Å². The summed E-state index contributed by atoms with van der Waals surface area (Å²) in [6.07, 6.45) is 11.6. The van der Waals surface area contributed by atoms with Crippen LogP contribution in [-0.4, -0.2) is 38.5 Å². The molecule has 1 aliphatic heterocycles. The van der Waals surface area contributed by atoms with Crippen molar-refractivity contribution in [1.29, 1.82) is 0 Å². The van der Waals surface area contributed by atoms with E-state index in [1.807, 2.05) is 0 Å². The minimum Gasteiger partial charge on any atom is -0.385 e. The normalized spacial score (nSPS) is 27.6. The predicted molar refractivity (Wildman–Crippen MR) is 83.1 cm³/mol. The van der Waals surface area contributed by atoms with E-state index in [4.69, 9.17) is 9.47 Å². The van der Waals surface area contributed by atoms with Gasteiger partial charge in [-0.05, 0) is 51.0 Å². The number of methoxy groups -OCH3 is 1. The maximum atomic E-state index is 6.24. The quantitative estimate of drug-likeness (QED) is 0.725. The molecule has 1 heterocycles. The molecule has 2 rings (SSSR count). The Morgan fingerprint density at radius 2 is 2.10 bits per heavy atom. The molecule has 0 aromatic carbocycles. The second-order valence-electron chi connectivity index (χ2n) is 6.64. The largest absolute Gasteiger partial charge is 0.385 e. The fraction of sp³-hybridized carbons (Fsp3) is 1.00. The molecule has 0 amide bonds. The SMILES string of the molecule is CCNC(CCCOC)C1CCOC2(CCCCC2)C1. The molecular weight excluding hydrogens is 250 g/mol. The number of nitrogens with one attached hydrogen (secondary N) is 1. The van der Waals surface area contributed by atoms with Crippen molar-refractivity contribution >= 4 is 0 Å². The summed E-state index contributed by atoms with van der Waals surface area (Å²) in [4.78, 5) is 0. The van der Waals surface area contributed by atoms with Crippen molar-refractivity contribution in [3.63, 3.8) is 0 Å². The van der Waals surface area contributed by atoms with Crippen LogP contribution >= 0.6 is 0 Å². The van der Waals surface area contributed by atoms with Crippen LogP contribution in [0.5, 0.6) is 0 Å². The standard InChI is InChI=1S/C17H33NO2/c1-3-18-16(8-7-12-19-2)15-9-13-20-17(14-15)10-5-4-6-11-17/h15-16,18H,3-14H2,1-2H3. The van der Waals surface area contributed by atoms with E-state index in [1.54, 1.807) is 7.11 Å². The summed E-state index contributed by atoms with van der Waals surface area (Å²) in [5.41, 5.74) is 0.232. The lowest BCUT2D eigenvalue weighted by atomic mass is 9.73. The lowest BCUT2D eigenvalue weighted by Gasteiger charge is -2.45. The lowest BCUT2D eigenvalue weighted by molar-refractivity contribution is -0.122. The van der Waals surface area contributed by atoms with Crippen LogP contribution in [0.2, 0.25) is 0 Å². The average Bonchev–Trinajstić information content (AvgIpc) is 2.47. The Morgan fingerprint density at radius 3 is 2.80 bits per heavy atom. The van der Waals surface area contributed by atoms with Crippen LogP contribution in [0.15, 0.2) is 0 Å². The highest BCUT2D eigenvalue weighted by molar-refractivity contribution is 4.93. The average molecular weight is 283 g/mol. The van der Waals surface area contributed by atoms with E-state index in [9.17, 15) is 0 Å². The Bertz CT molecular complexity index is 258. The first-order valence-electron chi connectivity index (χ1n) is 8.66. The van der Waals surface area contributed by atoms with Gasteiger partial charge in [0.15, 0.2) is 0 Å². The van der Waals surface area contributed by atoms with Gasteiger partial charge in [0.25, 0.3) is 0 Å². The molecule has 1 aliphatic carbocycles. The van der Waals surface area contributed by atoms with Gasteiger partial charge in [0.1, 0.15) is 0 Å². The van der Waals surface area contributed by atoms with Crippen molar-refractivity contribution in [2.45, 2.75) is 76.4 Å². The fourth-order valence-electron chi connectivity index (χ4n) is 4.17. The van der Waals surface area contributed by atoms with E-state index in [2.05, 4.69) is 12.2 Å². The molecule has 1 spiro atoms. The van der Waals surface area contributed by atoms with Crippen LogP contribution in [0.4, 0.5) is 0 Å². The van der Waals surface area contributed by atoms with Crippen molar-refractivity contribution in [3.05, 3.63) is 0 Å². The Labute approximate surface area is 124 Å². The van der Waals surface area contributed by atoms with E-state index < -0.39 is 0 Å². The Balaban J connectivity index is 1.89. The van der Waals surface area contributed by atoms with Crippen LogP contribution in [-0.2, 0) is 9.47 Å². The van der Waals surface area contributed by atoms with Gasteiger partial charge in [-0.1, -0.05) is 26.2 Å². The third-order valence-electron chi connectivity index (χ3n) is 5.19. The maximum Gasteiger partial charge on any atom is 0.0685 e. The zero-order valence-corrected chi connectivity index (χ0v) is 13.5. The van der Waals surface area contributed by atoms with Crippen LogP contribution in [0, 0.1) is 5.92 Å². The first kappa shape index (κ1) is 16.3. The highest BCUT2D eigenvalue weighted by Gasteiger charge is 2.40. The van der Waals surface area contributed by atoms with Crippen LogP contribution in [0.3, 0.4) is 0 Å². The fourth-order valence-corrected chi connectivity index (χ4v) is 4.17. The minimum absolute atomic E-state index is 0.232. The molecule has 1 saturated heterocycles. The van der Waals surface area contributed by atoms with Crippen molar-refractivity contribution in [1.82, 2.24) is 5.32 Å². The third kappa shape index (κ3) is 4.44. The molecule has 0 aromatic rings. The smallest absolute Gasteiger partial charge is 0.0685 e. The van der Waals surface area contributed by atoms with Gasteiger partial charge in [0, 0.05) is 26.4 Å². The number of hydrogen-bond acceptors (Lipinski definition) is 3. The molecule has 3 nitrogen and oxygen atoms in total. The zero-order chi connectivity index (χ0) is 14.3.